The number of hydrogen-bond donors (Lipinski definition) is 0. The molecule has 146 valence electrons. The topological polar surface area (TPSA) is 64.4 Å². The quantitative estimate of drug-likeness (QED) is 0.713. The van der Waals surface area contributed by atoms with E-state index in [0.717, 1.165) is 47.2 Å². The van der Waals surface area contributed by atoms with Gasteiger partial charge in [0.05, 0.1) is 11.5 Å². The molecule has 0 unspecified atom stereocenters. The molecule has 0 saturated carbocycles. The smallest absolute Gasteiger partial charge is 0.243 e. The fourth-order valence-corrected chi connectivity index (χ4v) is 6.29. The highest BCUT2D eigenvalue weighted by Gasteiger charge is 2.30. The Morgan fingerprint density at radius 2 is 2.07 bits per heavy atom. The van der Waals surface area contributed by atoms with Crippen LogP contribution in [0.15, 0.2) is 34.4 Å². The lowest BCUT2D eigenvalue weighted by Gasteiger charge is -2.31. The van der Waals surface area contributed by atoms with Crippen molar-refractivity contribution in [2.75, 3.05) is 25.4 Å². The summed E-state index contributed by atoms with van der Waals surface area (Å²) in [6.07, 6.45) is 4.46. The first-order valence-electron chi connectivity index (χ1n) is 9.32. The van der Waals surface area contributed by atoms with Gasteiger partial charge in [0, 0.05) is 44.2 Å². The number of sulfonamides is 1. The molecular weight excluding hydrogens is 382 g/mol. The van der Waals surface area contributed by atoms with E-state index in [1.165, 1.54) is 0 Å². The highest BCUT2D eigenvalue weighted by atomic mass is 32.2. The average molecular weight is 408 g/mol. The van der Waals surface area contributed by atoms with Crippen LogP contribution in [-0.4, -0.2) is 47.7 Å². The van der Waals surface area contributed by atoms with E-state index in [0.29, 0.717) is 30.5 Å². The third kappa shape index (κ3) is 3.75. The fourth-order valence-electron chi connectivity index (χ4n) is 3.59. The minimum Gasteiger partial charge on any atom is -0.493 e. The van der Waals surface area contributed by atoms with Gasteiger partial charge in [-0.15, -0.1) is 0 Å². The molecule has 1 aromatic heterocycles. The summed E-state index contributed by atoms with van der Waals surface area (Å²) in [6.45, 7) is 3.85. The fraction of sp³-hybridized carbons (Fsp3) is 0.526. The number of thioether (sulfide) groups is 1. The van der Waals surface area contributed by atoms with Crippen molar-refractivity contribution in [2.24, 2.45) is 13.0 Å². The first kappa shape index (κ1) is 18.8. The van der Waals surface area contributed by atoms with Crippen LogP contribution in [0.2, 0.25) is 0 Å². The third-order valence-electron chi connectivity index (χ3n) is 5.50. The summed E-state index contributed by atoms with van der Waals surface area (Å²) < 4.78 is 35.2. The van der Waals surface area contributed by atoms with E-state index in [9.17, 15) is 8.42 Å². The van der Waals surface area contributed by atoms with Crippen LogP contribution >= 0.6 is 11.8 Å². The molecule has 2 aliphatic rings. The largest absolute Gasteiger partial charge is 0.493 e. The number of fused-ring (bicyclic) bond motifs is 1. The first-order chi connectivity index (χ1) is 12.9. The second kappa shape index (κ2) is 7.48. The molecule has 3 heterocycles. The Kier molecular flexibility index (Phi) is 5.22. The van der Waals surface area contributed by atoms with Crippen LogP contribution in [0.1, 0.15) is 24.1 Å². The van der Waals surface area contributed by atoms with Crippen LogP contribution in [-0.2, 0) is 23.5 Å². The second-order valence-corrected chi connectivity index (χ2v) is 10.2. The van der Waals surface area contributed by atoms with Crippen LogP contribution in [0.25, 0.3) is 0 Å². The van der Waals surface area contributed by atoms with Gasteiger partial charge in [0.2, 0.25) is 10.0 Å². The van der Waals surface area contributed by atoms with Gasteiger partial charge in [0.1, 0.15) is 5.75 Å². The molecule has 0 aliphatic carbocycles. The Labute approximate surface area is 165 Å². The van der Waals surface area contributed by atoms with Crippen molar-refractivity contribution in [1.29, 1.82) is 0 Å². The first-order valence-corrected chi connectivity index (χ1v) is 11.7. The van der Waals surface area contributed by atoms with Crippen molar-refractivity contribution in [3.8, 4) is 5.75 Å². The maximum absolute atomic E-state index is 13.0. The summed E-state index contributed by atoms with van der Waals surface area (Å²) in [5, 5.41) is 1.03. The van der Waals surface area contributed by atoms with E-state index in [1.807, 2.05) is 20.2 Å². The molecule has 0 bridgehead atoms. The lowest BCUT2D eigenvalue weighted by atomic mass is 10.0. The highest BCUT2D eigenvalue weighted by molar-refractivity contribution is 7.99. The Morgan fingerprint density at radius 3 is 2.78 bits per heavy atom. The van der Waals surface area contributed by atoms with Crippen molar-refractivity contribution in [3.63, 3.8) is 0 Å². The number of benzene rings is 1. The highest BCUT2D eigenvalue weighted by Crippen LogP contribution is 2.31. The molecule has 27 heavy (non-hydrogen) atoms. The summed E-state index contributed by atoms with van der Waals surface area (Å²) in [5.74, 6) is 2.31. The predicted octanol–water partition coefficient (Wildman–Crippen LogP) is 2.86. The number of aryl methyl sites for hydroxylation is 1. The summed E-state index contributed by atoms with van der Waals surface area (Å²) >= 11 is 1.76. The normalized spacial score (nSPS) is 18.4. The number of aromatic nitrogens is 2. The Morgan fingerprint density at radius 1 is 1.30 bits per heavy atom. The number of piperidine rings is 1. The van der Waals surface area contributed by atoms with Gasteiger partial charge in [-0.3, -0.25) is 0 Å². The summed E-state index contributed by atoms with van der Waals surface area (Å²) in [7, 11) is -1.39. The van der Waals surface area contributed by atoms with Gasteiger partial charge in [0.15, 0.2) is 5.16 Å². The van der Waals surface area contributed by atoms with Crippen LogP contribution in [0.4, 0.5) is 0 Å². The van der Waals surface area contributed by atoms with Gasteiger partial charge in [0.25, 0.3) is 0 Å². The summed E-state index contributed by atoms with van der Waals surface area (Å²) in [5.41, 5.74) is 2.14. The zero-order chi connectivity index (χ0) is 19.0. The maximum atomic E-state index is 13.0. The summed E-state index contributed by atoms with van der Waals surface area (Å²) in [4.78, 5) is 4.82. The Bertz CT molecular complexity index is 932. The van der Waals surface area contributed by atoms with Gasteiger partial charge in [-0.1, -0.05) is 11.8 Å². The number of hydrogen-bond acceptors (Lipinski definition) is 5. The minimum absolute atomic E-state index is 0.392. The van der Waals surface area contributed by atoms with Crippen molar-refractivity contribution in [1.82, 2.24) is 13.9 Å². The second-order valence-electron chi connectivity index (χ2n) is 7.27. The molecule has 1 aromatic carbocycles. The molecule has 0 radical (unpaired) electrons. The predicted molar refractivity (Wildman–Crippen MR) is 106 cm³/mol. The van der Waals surface area contributed by atoms with Crippen molar-refractivity contribution < 1.29 is 13.2 Å². The van der Waals surface area contributed by atoms with Gasteiger partial charge in [-0.05, 0) is 49.4 Å². The van der Waals surface area contributed by atoms with Gasteiger partial charge in [-0.2, -0.15) is 4.31 Å². The third-order valence-corrected chi connectivity index (χ3v) is 8.67. The average Bonchev–Trinajstić information content (AvgIpc) is 3.27. The zero-order valence-corrected chi connectivity index (χ0v) is 17.4. The van der Waals surface area contributed by atoms with Crippen molar-refractivity contribution in [3.05, 3.63) is 35.7 Å². The van der Waals surface area contributed by atoms with E-state index >= 15 is 0 Å². The van der Waals surface area contributed by atoms with Crippen molar-refractivity contribution >= 4 is 21.8 Å². The molecule has 0 amide bonds. The van der Waals surface area contributed by atoms with Crippen LogP contribution in [0.3, 0.4) is 0 Å². The van der Waals surface area contributed by atoms with E-state index in [4.69, 9.17) is 4.74 Å². The lowest BCUT2D eigenvalue weighted by Crippen LogP contribution is -2.39. The van der Waals surface area contributed by atoms with E-state index in [2.05, 4.69) is 9.55 Å². The molecular formula is C19H25N3O3S2. The van der Waals surface area contributed by atoms with Crippen molar-refractivity contribution in [2.45, 2.75) is 36.2 Å². The molecule has 6 nitrogen and oxygen atoms in total. The molecule has 0 spiro atoms. The summed E-state index contributed by atoms with van der Waals surface area (Å²) in [6, 6.07) is 5.24. The minimum atomic E-state index is -3.42. The van der Waals surface area contributed by atoms with Gasteiger partial charge >= 0.3 is 0 Å². The van der Waals surface area contributed by atoms with Crippen LogP contribution in [0, 0.1) is 12.8 Å². The lowest BCUT2D eigenvalue weighted by molar-refractivity contribution is 0.291. The molecule has 4 rings (SSSR count). The monoisotopic (exact) mass is 407 g/mol. The maximum Gasteiger partial charge on any atom is 0.243 e. The van der Waals surface area contributed by atoms with Crippen LogP contribution < -0.4 is 4.74 Å². The molecule has 0 atom stereocenters. The molecule has 1 saturated heterocycles. The number of imidazole rings is 1. The SMILES string of the molecule is Cc1cnc(SCC2CCN(S(=O)(=O)c3ccc4c(c3)CCO4)CC2)n1C. The Balaban J connectivity index is 1.36. The zero-order valence-electron chi connectivity index (χ0n) is 15.7. The molecule has 0 N–H and O–H groups in total. The number of nitrogens with zero attached hydrogens (tertiary/aromatic N) is 3. The number of rotatable bonds is 5. The standard InChI is InChI=1S/C19H25N3O3S2/c1-14-12-20-19(21(14)2)26-13-15-5-8-22(9-6-15)27(23,24)17-3-4-18-16(11-17)7-10-25-18/h3-4,11-12,15H,5-10,13H2,1-2H3. The molecule has 8 heteroatoms. The van der Waals surface area contributed by atoms with E-state index in [1.54, 1.807) is 34.3 Å². The molecule has 1 fully saturated rings. The molecule has 2 aliphatic heterocycles. The van der Waals surface area contributed by atoms with Crippen LogP contribution in [0.5, 0.6) is 5.75 Å². The molecule has 2 aromatic rings. The number of ether oxygens (including phenoxy) is 1. The Hall–Kier alpha value is -1.51. The van der Waals surface area contributed by atoms with E-state index < -0.39 is 10.0 Å². The van der Waals surface area contributed by atoms with Gasteiger partial charge in [-0.25, -0.2) is 13.4 Å². The van der Waals surface area contributed by atoms with Gasteiger partial charge < -0.3 is 9.30 Å². The van der Waals surface area contributed by atoms with E-state index in [-0.39, 0.29) is 0 Å².